The molecule has 3 heteroatoms. The highest BCUT2D eigenvalue weighted by molar-refractivity contribution is 5.06. The van der Waals surface area contributed by atoms with E-state index in [9.17, 15) is 5.26 Å². The monoisotopic (exact) mass is 239 g/mol. The van der Waals surface area contributed by atoms with E-state index < -0.39 is 5.54 Å². The van der Waals surface area contributed by atoms with Gasteiger partial charge < -0.3 is 4.90 Å². The minimum absolute atomic E-state index is 0.341. The van der Waals surface area contributed by atoms with E-state index in [0.29, 0.717) is 12.1 Å². The first-order valence-corrected chi connectivity index (χ1v) is 6.81. The quantitative estimate of drug-likeness (QED) is 0.708. The van der Waals surface area contributed by atoms with E-state index in [1.54, 1.807) is 0 Å². The van der Waals surface area contributed by atoms with Crippen LogP contribution in [0.1, 0.15) is 54.4 Å². The summed E-state index contributed by atoms with van der Waals surface area (Å²) in [7, 11) is 0. The van der Waals surface area contributed by atoms with E-state index >= 15 is 0 Å². The largest absolute Gasteiger partial charge is 0.301 e. The van der Waals surface area contributed by atoms with Gasteiger partial charge in [0.2, 0.25) is 0 Å². The summed E-state index contributed by atoms with van der Waals surface area (Å²) in [4.78, 5) is 2.44. The Hall–Kier alpha value is -0.590. The summed E-state index contributed by atoms with van der Waals surface area (Å²) in [6.45, 7) is 14.9. The highest BCUT2D eigenvalue weighted by atomic mass is 15.1. The van der Waals surface area contributed by atoms with Crippen LogP contribution in [0.3, 0.4) is 0 Å². The van der Waals surface area contributed by atoms with Crippen LogP contribution in [0.15, 0.2) is 0 Å². The van der Waals surface area contributed by atoms with Crippen molar-refractivity contribution in [3.8, 4) is 6.07 Å². The summed E-state index contributed by atoms with van der Waals surface area (Å²) in [5, 5.41) is 12.7. The van der Waals surface area contributed by atoms with Gasteiger partial charge in [-0.3, -0.25) is 5.32 Å². The summed E-state index contributed by atoms with van der Waals surface area (Å²) in [6.07, 6.45) is 2.04. The van der Waals surface area contributed by atoms with Crippen LogP contribution in [0, 0.1) is 11.3 Å². The topological polar surface area (TPSA) is 39.1 Å². The van der Waals surface area contributed by atoms with E-state index in [0.717, 1.165) is 19.5 Å². The second-order valence-corrected chi connectivity index (χ2v) is 5.42. The van der Waals surface area contributed by atoms with Crippen LogP contribution in [0.2, 0.25) is 0 Å². The Balaban J connectivity index is 4.50. The average molecular weight is 239 g/mol. The molecule has 0 aromatic heterocycles. The lowest BCUT2D eigenvalue weighted by molar-refractivity contribution is 0.181. The fourth-order valence-electron chi connectivity index (χ4n) is 2.47. The molecule has 0 aromatic carbocycles. The first-order chi connectivity index (χ1) is 7.88. The molecule has 0 heterocycles. The van der Waals surface area contributed by atoms with Gasteiger partial charge in [-0.05, 0) is 53.6 Å². The standard InChI is InChI=1S/C14H29N3/c1-7-9-17(8-2)13(5)10-14(6,11-15)16-12(3)4/h12-13,16H,7-10H2,1-6H3. The van der Waals surface area contributed by atoms with Gasteiger partial charge in [0.05, 0.1) is 6.07 Å². The van der Waals surface area contributed by atoms with Gasteiger partial charge in [-0.25, -0.2) is 0 Å². The summed E-state index contributed by atoms with van der Waals surface area (Å²) in [5.41, 5.74) is -0.422. The van der Waals surface area contributed by atoms with Crippen molar-refractivity contribution in [1.82, 2.24) is 10.2 Å². The fourth-order valence-corrected chi connectivity index (χ4v) is 2.47. The van der Waals surface area contributed by atoms with Crippen molar-refractivity contribution in [2.45, 2.75) is 72.0 Å². The molecule has 0 saturated carbocycles. The molecule has 0 aliphatic carbocycles. The third-order valence-corrected chi connectivity index (χ3v) is 3.10. The van der Waals surface area contributed by atoms with Gasteiger partial charge >= 0.3 is 0 Å². The van der Waals surface area contributed by atoms with Gasteiger partial charge in [-0.15, -0.1) is 0 Å². The molecule has 2 unspecified atom stereocenters. The summed E-state index contributed by atoms with van der Waals surface area (Å²) in [5.74, 6) is 0. The van der Waals surface area contributed by atoms with Crippen molar-refractivity contribution in [2.24, 2.45) is 0 Å². The molecule has 3 nitrogen and oxygen atoms in total. The maximum atomic E-state index is 9.34. The van der Waals surface area contributed by atoms with Crippen LogP contribution in [0.5, 0.6) is 0 Å². The molecule has 0 radical (unpaired) electrons. The van der Waals surface area contributed by atoms with E-state index in [2.05, 4.69) is 50.9 Å². The minimum atomic E-state index is -0.422. The maximum Gasteiger partial charge on any atom is 0.105 e. The van der Waals surface area contributed by atoms with E-state index in [1.165, 1.54) is 6.42 Å². The van der Waals surface area contributed by atoms with Crippen LogP contribution in [0.4, 0.5) is 0 Å². The van der Waals surface area contributed by atoms with Crippen molar-refractivity contribution in [1.29, 1.82) is 5.26 Å². The van der Waals surface area contributed by atoms with Crippen LogP contribution in [0.25, 0.3) is 0 Å². The highest BCUT2D eigenvalue weighted by Gasteiger charge is 2.28. The van der Waals surface area contributed by atoms with Crippen molar-refractivity contribution in [2.75, 3.05) is 13.1 Å². The summed E-state index contributed by atoms with van der Waals surface area (Å²) in [6, 6.07) is 3.21. The molecular weight excluding hydrogens is 210 g/mol. The second-order valence-electron chi connectivity index (χ2n) is 5.42. The Morgan fingerprint density at radius 3 is 2.24 bits per heavy atom. The lowest BCUT2D eigenvalue weighted by Crippen LogP contribution is -2.49. The van der Waals surface area contributed by atoms with Crippen LogP contribution in [-0.4, -0.2) is 35.6 Å². The number of nitrogens with zero attached hydrogens (tertiary/aromatic N) is 2. The van der Waals surface area contributed by atoms with E-state index in [-0.39, 0.29) is 0 Å². The Bertz CT molecular complexity index is 244. The maximum absolute atomic E-state index is 9.34. The SMILES string of the molecule is CCCN(CC)C(C)CC(C)(C#N)NC(C)C. The predicted molar refractivity (Wildman–Crippen MR) is 73.9 cm³/mol. The molecule has 0 aliphatic rings. The first-order valence-electron chi connectivity index (χ1n) is 6.81. The van der Waals surface area contributed by atoms with Gasteiger partial charge in [0.15, 0.2) is 0 Å². The van der Waals surface area contributed by atoms with E-state index in [4.69, 9.17) is 0 Å². The molecule has 0 amide bonds. The molecule has 0 saturated heterocycles. The molecule has 0 fully saturated rings. The normalized spacial score (nSPS) is 16.9. The van der Waals surface area contributed by atoms with Crippen LogP contribution >= 0.6 is 0 Å². The molecule has 0 aliphatic heterocycles. The average Bonchev–Trinajstić information content (AvgIpc) is 2.24. The summed E-state index contributed by atoms with van der Waals surface area (Å²) < 4.78 is 0. The Morgan fingerprint density at radius 1 is 1.29 bits per heavy atom. The van der Waals surface area contributed by atoms with Gasteiger partial charge in [0, 0.05) is 12.1 Å². The van der Waals surface area contributed by atoms with E-state index in [1.807, 2.05) is 6.92 Å². The van der Waals surface area contributed by atoms with Crippen molar-refractivity contribution in [3.05, 3.63) is 0 Å². The number of hydrogen-bond donors (Lipinski definition) is 1. The number of rotatable bonds is 8. The number of nitriles is 1. The highest BCUT2D eigenvalue weighted by Crippen LogP contribution is 2.16. The van der Waals surface area contributed by atoms with Gasteiger partial charge in [-0.2, -0.15) is 5.26 Å². The predicted octanol–water partition coefficient (Wildman–Crippen LogP) is 2.78. The zero-order valence-electron chi connectivity index (χ0n) is 12.4. The van der Waals surface area contributed by atoms with Crippen LogP contribution < -0.4 is 5.32 Å². The third-order valence-electron chi connectivity index (χ3n) is 3.10. The first kappa shape index (κ1) is 16.4. The fraction of sp³-hybridized carbons (Fsp3) is 0.929. The molecule has 2 atom stereocenters. The molecule has 17 heavy (non-hydrogen) atoms. The molecule has 100 valence electrons. The van der Waals surface area contributed by atoms with Crippen molar-refractivity contribution in [3.63, 3.8) is 0 Å². The van der Waals surface area contributed by atoms with Gasteiger partial charge in [0.1, 0.15) is 5.54 Å². The molecule has 0 rings (SSSR count). The molecular formula is C14H29N3. The van der Waals surface area contributed by atoms with Gasteiger partial charge in [0.25, 0.3) is 0 Å². The lowest BCUT2D eigenvalue weighted by atomic mass is 9.93. The zero-order valence-corrected chi connectivity index (χ0v) is 12.4. The lowest BCUT2D eigenvalue weighted by Gasteiger charge is -2.34. The third kappa shape index (κ3) is 6.05. The zero-order chi connectivity index (χ0) is 13.5. The Morgan fingerprint density at radius 2 is 1.88 bits per heavy atom. The number of nitrogens with one attached hydrogen (secondary N) is 1. The van der Waals surface area contributed by atoms with Gasteiger partial charge in [-0.1, -0.05) is 13.8 Å². The van der Waals surface area contributed by atoms with Crippen LogP contribution in [-0.2, 0) is 0 Å². The smallest absolute Gasteiger partial charge is 0.105 e. The van der Waals surface area contributed by atoms with Crippen molar-refractivity contribution >= 4 is 0 Å². The molecule has 0 bridgehead atoms. The molecule has 0 aromatic rings. The Kier molecular flexibility index (Phi) is 7.41. The van der Waals surface area contributed by atoms with Crippen molar-refractivity contribution < 1.29 is 0 Å². The molecule has 0 spiro atoms. The summed E-state index contributed by atoms with van der Waals surface area (Å²) >= 11 is 0. The number of hydrogen-bond acceptors (Lipinski definition) is 3. The minimum Gasteiger partial charge on any atom is -0.301 e. The second kappa shape index (κ2) is 7.68. The Labute approximate surface area is 107 Å². The molecule has 1 N–H and O–H groups in total.